The summed E-state index contributed by atoms with van der Waals surface area (Å²) in [6.07, 6.45) is 4.42. The number of pyridine rings is 1. The molecule has 8 aromatic rings. The lowest BCUT2D eigenvalue weighted by molar-refractivity contribution is -0.989. The molecule has 11 rings (SSSR count). The fraction of sp³-hybridized carbons (Fsp3) is 0.0263. The lowest BCUT2D eigenvalue weighted by Crippen LogP contribution is -2.76. The molecule has 0 saturated carbocycles. The molecule has 3 aromatic heterocycles. The number of para-hydroxylation sites is 1. The second-order valence-electron chi connectivity index (χ2n) is 11.7. The van der Waals surface area contributed by atoms with Gasteiger partial charge >= 0.3 is 5.66 Å². The predicted molar refractivity (Wildman–Crippen MR) is 167 cm³/mol. The van der Waals surface area contributed by atoms with E-state index in [9.17, 15) is 0 Å². The minimum absolute atomic E-state index is 0.727. The molecule has 0 radical (unpaired) electrons. The zero-order chi connectivity index (χ0) is 28.6. The van der Waals surface area contributed by atoms with Gasteiger partial charge in [0, 0.05) is 10.9 Å². The second-order valence-corrected chi connectivity index (χ2v) is 11.7. The number of hydrogen-bond donors (Lipinski definition) is 0. The first-order chi connectivity index (χ1) is 21.8. The lowest BCUT2D eigenvalue weighted by atomic mass is 9.84. The van der Waals surface area contributed by atoms with Crippen LogP contribution in [-0.2, 0) is 5.66 Å². The summed E-state index contributed by atoms with van der Waals surface area (Å²) >= 11 is 0. The largest absolute Gasteiger partial charge is 0.456 e. The molecular formula is C38H23N5O+2. The highest BCUT2D eigenvalue weighted by Crippen LogP contribution is 2.54. The molecule has 5 aromatic carbocycles. The molecule has 6 nitrogen and oxygen atoms in total. The van der Waals surface area contributed by atoms with Crippen LogP contribution in [0.15, 0.2) is 140 Å². The van der Waals surface area contributed by atoms with Crippen molar-refractivity contribution in [2.75, 3.05) is 0 Å². The average molecular weight is 566 g/mol. The molecule has 0 aliphatic carbocycles. The van der Waals surface area contributed by atoms with E-state index in [2.05, 4.69) is 152 Å². The molecule has 6 heteroatoms. The van der Waals surface area contributed by atoms with Crippen LogP contribution in [0.1, 0.15) is 11.1 Å². The zero-order valence-corrected chi connectivity index (χ0v) is 23.4. The molecule has 0 N–H and O–H groups in total. The molecule has 204 valence electrons. The molecular weight excluding hydrogens is 542 g/mol. The van der Waals surface area contributed by atoms with Crippen LogP contribution in [0.3, 0.4) is 0 Å². The van der Waals surface area contributed by atoms with Crippen molar-refractivity contribution in [1.29, 1.82) is 0 Å². The average Bonchev–Trinajstić information content (AvgIpc) is 3.75. The van der Waals surface area contributed by atoms with E-state index in [1.807, 2.05) is 6.07 Å². The standard InChI is InChI=1S/C38H23N5O/c1-2-9-24(10-3-1)25-18-20-26(21-19-25)29-23-41-38-35-31(42-30-13-5-4-11-27(30)28-12-8-22-40(38)37(28)42)14-6-16-33(35)44-34-17-7-15-32(36(34)38)43(41)39-29/h1-23H/q+2. The normalized spacial score (nSPS) is 16.5. The summed E-state index contributed by atoms with van der Waals surface area (Å²) in [7, 11) is 0. The van der Waals surface area contributed by atoms with Gasteiger partial charge in [-0.05, 0) is 76.6 Å². The van der Waals surface area contributed by atoms with Crippen LogP contribution in [0.4, 0.5) is 0 Å². The van der Waals surface area contributed by atoms with Crippen molar-refractivity contribution in [3.63, 3.8) is 0 Å². The number of ether oxygens (including phenoxy) is 1. The van der Waals surface area contributed by atoms with Crippen LogP contribution in [-0.4, -0.2) is 14.5 Å². The van der Waals surface area contributed by atoms with E-state index in [0.717, 1.165) is 50.9 Å². The van der Waals surface area contributed by atoms with Gasteiger partial charge in [-0.15, -0.1) is 0 Å². The van der Waals surface area contributed by atoms with Gasteiger partial charge in [-0.25, -0.2) is 0 Å². The first kappa shape index (κ1) is 22.6. The number of rotatable bonds is 2. The van der Waals surface area contributed by atoms with Crippen LogP contribution in [0, 0.1) is 0 Å². The molecule has 1 spiro atoms. The number of hydrogen-bond acceptors (Lipinski definition) is 2. The summed E-state index contributed by atoms with van der Waals surface area (Å²) in [5.41, 5.74) is 10.3. The molecule has 0 bridgehead atoms. The molecule has 6 heterocycles. The molecule has 1 unspecified atom stereocenters. The minimum atomic E-state index is -0.727. The fourth-order valence-electron chi connectivity index (χ4n) is 7.88. The van der Waals surface area contributed by atoms with Gasteiger partial charge in [0.05, 0.1) is 16.7 Å². The molecule has 0 saturated heterocycles. The van der Waals surface area contributed by atoms with Crippen LogP contribution >= 0.6 is 0 Å². The van der Waals surface area contributed by atoms with Gasteiger partial charge in [0.25, 0.3) is 5.65 Å². The van der Waals surface area contributed by atoms with E-state index in [1.54, 1.807) is 0 Å². The van der Waals surface area contributed by atoms with Crippen LogP contribution in [0.25, 0.3) is 55.7 Å². The van der Waals surface area contributed by atoms with E-state index >= 15 is 0 Å². The highest BCUT2D eigenvalue weighted by molar-refractivity contribution is 6.07. The van der Waals surface area contributed by atoms with Crippen molar-refractivity contribution in [3.05, 3.63) is 151 Å². The summed E-state index contributed by atoms with van der Waals surface area (Å²) in [5.74, 6) is 1.71. The Morgan fingerprint density at radius 2 is 1.27 bits per heavy atom. The van der Waals surface area contributed by atoms with Gasteiger partial charge < -0.3 is 4.74 Å². The van der Waals surface area contributed by atoms with Crippen molar-refractivity contribution in [2.24, 2.45) is 0 Å². The smallest absolute Gasteiger partial charge is 0.337 e. The number of fused-ring (bicyclic) bond motifs is 6. The minimum Gasteiger partial charge on any atom is -0.456 e. The van der Waals surface area contributed by atoms with Crippen LogP contribution < -0.4 is 14.0 Å². The number of aromatic nitrogens is 5. The molecule has 0 amide bonds. The summed E-state index contributed by atoms with van der Waals surface area (Å²) in [6, 6.07) is 45.0. The SMILES string of the molecule is c1ccc(-c2ccc(-c3c[n+]4n(n3)-c3cccc5c3C43c4c(cccc4-n4c6ccccc6c6ccc[n+]3c64)O5)cc2)cc1. The van der Waals surface area contributed by atoms with E-state index in [0.29, 0.717) is 0 Å². The Kier molecular flexibility index (Phi) is 3.94. The van der Waals surface area contributed by atoms with Crippen LogP contribution in [0.2, 0.25) is 0 Å². The van der Waals surface area contributed by atoms with Gasteiger partial charge in [0.15, 0.2) is 6.20 Å². The highest BCUT2D eigenvalue weighted by Gasteiger charge is 2.66. The fourth-order valence-corrected chi connectivity index (χ4v) is 7.88. The van der Waals surface area contributed by atoms with Gasteiger partial charge in [0.1, 0.15) is 39.5 Å². The maximum atomic E-state index is 6.70. The molecule has 1 atom stereocenters. The summed E-state index contributed by atoms with van der Waals surface area (Å²) in [6.45, 7) is 0. The zero-order valence-electron chi connectivity index (χ0n) is 23.4. The second kappa shape index (κ2) is 7.68. The Morgan fingerprint density at radius 3 is 2.11 bits per heavy atom. The third-order valence-electron chi connectivity index (χ3n) is 9.62. The Labute approximate surface area is 251 Å². The van der Waals surface area contributed by atoms with E-state index in [1.165, 1.54) is 27.4 Å². The third kappa shape index (κ3) is 2.49. The predicted octanol–water partition coefficient (Wildman–Crippen LogP) is 6.91. The van der Waals surface area contributed by atoms with Crippen molar-refractivity contribution < 1.29 is 14.0 Å². The summed E-state index contributed by atoms with van der Waals surface area (Å²) in [4.78, 5) is 2.07. The molecule has 44 heavy (non-hydrogen) atoms. The van der Waals surface area contributed by atoms with E-state index in [4.69, 9.17) is 9.84 Å². The molecule has 3 aliphatic rings. The Hall–Kier alpha value is -6.01. The molecule has 0 fully saturated rings. The Balaban J connectivity index is 1.24. The lowest BCUT2D eigenvalue weighted by Gasteiger charge is -2.35. The van der Waals surface area contributed by atoms with Crippen molar-refractivity contribution in [2.45, 2.75) is 5.66 Å². The topological polar surface area (TPSA) is 39.7 Å². The van der Waals surface area contributed by atoms with Gasteiger partial charge in [-0.2, -0.15) is 9.13 Å². The Morgan fingerprint density at radius 1 is 0.591 bits per heavy atom. The van der Waals surface area contributed by atoms with Crippen molar-refractivity contribution >= 4 is 21.9 Å². The summed E-state index contributed by atoms with van der Waals surface area (Å²) < 4.78 is 13.8. The van der Waals surface area contributed by atoms with E-state index < -0.39 is 5.66 Å². The quantitative estimate of drug-likeness (QED) is 0.214. The van der Waals surface area contributed by atoms with Crippen molar-refractivity contribution in [3.8, 4) is 45.3 Å². The van der Waals surface area contributed by atoms with Crippen molar-refractivity contribution in [1.82, 2.24) is 14.5 Å². The van der Waals surface area contributed by atoms with Gasteiger partial charge in [-0.1, -0.05) is 71.4 Å². The Bertz CT molecular complexity index is 2530. The maximum Gasteiger partial charge on any atom is 0.337 e. The third-order valence-corrected chi connectivity index (χ3v) is 9.62. The van der Waals surface area contributed by atoms with E-state index in [-0.39, 0.29) is 0 Å². The van der Waals surface area contributed by atoms with Gasteiger partial charge in [-0.3, -0.25) is 0 Å². The monoisotopic (exact) mass is 565 g/mol. The molecule has 3 aliphatic heterocycles. The van der Waals surface area contributed by atoms with Crippen LogP contribution in [0.5, 0.6) is 11.5 Å². The number of nitrogens with zero attached hydrogens (tertiary/aromatic N) is 5. The maximum absolute atomic E-state index is 6.70. The first-order valence-corrected chi connectivity index (χ1v) is 14.9. The summed E-state index contributed by atoms with van der Waals surface area (Å²) in [5, 5.41) is 7.71. The van der Waals surface area contributed by atoms with Gasteiger partial charge in [0.2, 0.25) is 5.69 Å². The number of benzene rings is 5. The first-order valence-electron chi connectivity index (χ1n) is 14.9. The highest BCUT2D eigenvalue weighted by atomic mass is 16.5.